The molecule has 3 atom stereocenters. The van der Waals surface area contributed by atoms with Crippen LogP contribution in [0, 0.1) is 5.92 Å². The monoisotopic (exact) mass is 301 g/mol. The molecule has 2 bridgehead atoms. The Morgan fingerprint density at radius 3 is 2.91 bits per heavy atom. The van der Waals surface area contributed by atoms with Crippen molar-refractivity contribution in [1.29, 1.82) is 0 Å². The molecule has 0 unspecified atom stereocenters. The van der Waals surface area contributed by atoms with Crippen LogP contribution in [0.15, 0.2) is 12.1 Å². The topological polar surface area (TPSA) is 47.6 Å². The van der Waals surface area contributed by atoms with Crippen LogP contribution in [0.2, 0.25) is 0 Å². The fourth-order valence-electron chi connectivity index (χ4n) is 5.18. The molecule has 4 nitrogen and oxygen atoms in total. The van der Waals surface area contributed by atoms with Crippen molar-refractivity contribution in [1.82, 2.24) is 5.32 Å². The second kappa shape index (κ2) is 4.98. The van der Waals surface area contributed by atoms with Crippen LogP contribution in [0.5, 0.6) is 11.5 Å². The minimum Gasteiger partial charge on any atom is -0.493 e. The third kappa shape index (κ3) is 1.76. The normalized spacial score (nSPS) is 32.9. The predicted octanol–water partition coefficient (Wildman–Crippen LogP) is 2.23. The molecular weight excluding hydrogens is 278 g/mol. The standard InChI is InChI=1S/C18H23NO3/c1-21-15-6-3-11-9-14-13-5-4-12(20)10-18(13,7-8-19-14)16(11)17(15)22-2/h3,6,13-14,19H,4-5,7-10H2,1-2H3/t13-,14+,18-/m0/s1. The first-order valence-electron chi connectivity index (χ1n) is 8.19. The molecule has 0 amide bonds. The lowest BCUT2D eigenvalue weighted by atomic mass is 9.52. The molecule has 4 heteroatoms. The van der Waals surface area contributed by atoms with Gasteiger partial charge < -0.3 is 14.8 Å². The summed E-state index contributed by atoms with van der Waals surface area (Å²) in [5, 5.41) is 3.68. The Bertz CT molecular complexity index is 627. The molecule has 22 heavy (non-hydrogen) atoms. The van der Waals surface area contributed by atoms with Crippen LogP contribution in [-0.4, -0.2) is 32.6 Å². The van der Waals surface area contributed by atoms with Gasteiger partial charge in [0.1, 0.15) is 5.78 Å². The van der Waals surface area contributed by atoms with E-state index in [9.17, 15) is 4.79 Å². The predicted molar refractivity (Wildman–Crippen MR) is 83.7 cm³/mol. The van der Waals surface area contributed by atoms with Gasteiger partial charge in [-0.15, -0.1) is 0 Å². The van der Waals surface area contributed by atoms with Crippen LogP contribution in [0.25, 0.3) is 0 Å². The number of rotatable bonds is 2. The summed E-state index contributed by atoms with van der Waals surface area (Å²) in [4.78, 5) is 12.3. The summed E-state index contributed by atoms with van der Waals surface area (Å²) in [7, 11) is 3.39. The van der Waals surface area contributed by atoms with Crippen LogP contribution in [0.3, 0.4) is 0 Å². The maximum absolute atomic E-state index is 12.3. The second-order valence-corrected chi connectivity index (χ2v) is 6.87. The molecule has 118 valence electrons. The highest BCUT2D eigenvalue weighted by Gasteiger charge is 2.55. The van der Waals surface area contributed by atoms with Crippen molar-refractivity contribution in [2.24, 2.45) is 5.92 Å². The molecule has 1 aliphatic heterocycles. The highest BCUT2D eigenvalue weighted by atomic mass is 16.5. The Hall–Kier alpha value is -1.55. The van der Waals surface area contributed by atoms with Crippen molar-refractivity contribution in [3.05, 3.63) is 23.3 Å². The van der Waals surface area contributed by atoms with Gasteiger partial charge in [0.2, 0.25) is 0 Å². The van der Waals surface area contributed by atoms with E-state index < -0.39 is 0 Å². The van der Waals surface area contributed by atoms with E-state index in [1.54, 1.807) is 14.2 Å². The fourth-order valence-corrected chi connectivity index (χ4v) is 5.18. The maximum Gasteiger partial charge on any atom is 0.164 e. The number of nitrogens with one attached hydrogen (secondary N) is 1. The zero-order chi connectivity index (χ0) is 15.3. The molecular formula is C18H23NO3. The number of fused-ring (bicyclic) bond motifs is 1. The second-order valence-electron chi connectivity index (χ2n) is 6.87. The Morgan fingerprint density at radius 2 is 2.14 bits per heavy atom. The number of benzene rings is 1. The molecule has 3 aliphatic rings. The lowest BCUT2D eigenvalue weighted by Gasteiger charge is -2.55. The number of carbonyl (C=O) groups excluding carboxylic acids is 1. The first kappa shape index (κ1) is 14.1. The molecule has 0 radical (unpaired) electrons. The molecule has 1 N–H and O–H groups in total. The highest BCUT2D eigenvalue weighted by molar-refractivity contribution is 5.82. The van der Waals surface area contributed by atoms with Gasteiger partial charge in [-0.1, -0.05) is 6.07 Å². The van der Waals surface area contributed by atoms with Gasteiger partial charge in [0, 0.05) is 29.9 Å². The van der Waals surface area contributed by atoms with Crippen molar-refractivity contribution in [3.63, 3.8) is 0 Å². The van der Waals surface area contributed by atoms with Gasteiger partial charge in [-0.2, -0.15) is 0 Å². The van der Waals surface area contributed by atoms with Crippen LogP contribution in [0.1, 0.15) is 36.8 Å². The van der Waals surface area contributed by atoms with E-state index in [0.717, 1.165) is 43.7 Å². The van der Waals surface area contributed by atoms with Crippen LogP contribution < -0.4 is 14.8 Å². The van der Waals surface area contributed by atoms with Crippen molar-refractivity contribution >= 4 is 5.78 Å². The molecule has 1 saturated heterocycles. The SMILES string of the molecule is COc1ccc2c(c1OC)[C@]13CCN[C@H](C2)[C@@H]1CCC(=O)C3. The zero-order valence-electron chi connectivity index (χ0n) is 13.3. The van der Waals surface area contributed by atoms with E-state index in [-0.39, 0.29) is 5.41 Å². The summed E-state index contributed by atoms with van der Waals surface area (Å²) in [6.45, 7) is 0.980. The lowest BCUT2D eigenvalue weighted by molar-refractivity contribution is -0.125. The minimum atomic E-state index is -0.0568. The zero-order valence-corrected chi connectivity index (χ0v) is 13.3. The summed E-state index contributed by atoms with van der Waals surface area (Å²) in [6, 6.07) is 4.65. The van der Waals surface area contributed by atoms with E-state index >= 15 is 0 Å². The average molecular weight is 301 g/mol. The minimum absolute atomic E-state index is 0.0568. The van der Waals surface area contributed by atoms with Gasteiger partial charge in [-0.25, -0.2) is 0 Å². The Morgan fingerprint density at radius 1 is 1.27 bits per heavy atom. The third-order valence-electron chi connectivity index (χ3n) is 5.99. The van der Waals surface area contributed by atoms with E-state index in [2.05, 4.69) is 11.4 Å². The molecule has 0 aromatic heterocycles. The Balaban J connectivity index is 1.96. The first-order chi connectivity index (χ1) is 10.7. The Kier molecular flexibility index (Phi) is 3.19. The molecule has 2 aliphatic carbocycles. The van der Waals surface area contributed by atoms with Gasteiger partial charge >= 0.3 is 0 Å². The number of piperidine rings is 1. The summed E-state index contributed by atoms with van der Waals surface area (Å²) in [5.74, 6) is 2.56. The van der Waals surface area contributed by atoms with Crippen LogP contribution in [-0.2, 0) is 16.6 Å². The van der Waals surface area contributed by atoms with E-state index in [0.29, 0.717) is 24.2 Å². The van der Waals surface area contributed by atoms with Crippen molar-refractivity contribution < 1.29 is 14.3 Å². The number of methoxy groups -OCH3 is 2. The molecule has 1 heterocycles. The summed E-state index contributed by atoms with van der Waals surface area (Å²) < 4.78 is 11.3. The van der Waals surface area contributed by atoms with E-state index in [1.165, 1.54) is 11.1 Å². The number of hydrogen-bond donors (Lipinski definition) is 1. The van der Waals surface area contributed by atoms with Crippen LogP contribution in [0.4, 0.5) is 0 Å². The van der Waals surface area contributed by atoms with Crippen molar-refractivity contribution in [2.75, 3.05) is 20.8 Å². The highest BCUT2D eigenvalue weighted by Crippen LogP contribution is 2.57. The van der Waals surface area contributed by atoms with Crippen LogP contribution >= 0.6 is 0 Å². The summed E-state index contributed by atoms with van der Waals surface area (Å²) in [5.41, 5.74) is 2.52. The number of ketones is 1. The average Bonchev–Trinajstić information content (AvgIpc) is 2.53. The Labute approximate surface area is 131 Å². The first-order valence-corrected chi connectivity index (χ1v) is 8.19. The van der Waals surface area contributed by atoms with Crippen molar-refractivity contribution in [3.8, 4) is 11.5 Å². The lowest BCUT2D eigenvalue weighted by Crippen LogP contribution is -2.60. The molecule has 0 spiro atoms. The molecule has 1 aromatic carbocycles. The smallest absolute Gasteiger partial charge is 0.164 e. The van der Waals surface area contributed by atoms with Gasteiger partial charge in [-0.05, 0) is 43.4 Å². The number of ether oxygens (including phenoxy) is 2. The molecule has 1 aromatic rings. The quantitative estimate of drug-likeness (QED) is 0.910. The van der Waals surface area contributed by atoms with Gasteiger partial charge in [0.15, 0.2) is 11.5 Å². The van der Waals surface area contributed by atoms with Gasteiger partial charge in [0.05, 0.1) is 14.2 Å². The van der Waals surface area contributed by atoms with Crippen molar-refractivity contribution in [2.45, 2.75) is 43.6 Å². The number of carbonyl (C=O) groups is 1. The van der Waals surface area contributed by atoms with Gasteiger partial charge in [0.25, 0.3) is 0 Å². The summed E-state index contributed by atoms with van der Waals surface area (Å²) in [6.07, 6.45) is 4.42. The molecule has 1 saturated carbocycles. The molecule has 2 fully saturated rings. The van der Waals surface area contributed by atoms with E-state index in [4.69, 9.17) is 9.47 Å². The van der Waals surface area contributed by atoms with E-state index in [1.807, 2.05) is 6.07 Å². The third-order valence-corrected chi connectivity index (χ3v) is 5.99. The maximum atomic E-state index is 12.3. The van der Waals surface area contributed by atoms with Gasteiger partial charge in [-0.3, -0.25) is 4.79 Å². The summed E-state index contributed by atoms with van der Waals surface area (Å²) >= 11 is 0. The molecule has 4 rings (SSSR count). The number of Topliss-reactive ketones (excluding diaryl/α,β-unsaturated/α-hetero) is 1. The number of hydrogen-bond acceptors (Lipinski definition) is 4. The fraction of sp³-hybridized carbons (Fsp3) is 0.611. The largest absolute Gasteiger partial charge is 0.493 e.